The lowest BCUT2D eigenvalue weighted by atomic mass is 9.90. The second-order valence-electron chi connectivity index (χ2n) is 6.06. The van der Waals surface area contributed by atoms with Gasteiger partial charge in [0.2, 0.25) is 0 Å². The summed E-state index contributed by atoms with van der Waals surface area (Å²) in [6.45, 7) is 0.455. The molecule has 0 aromatic heterocycles. The molecule has 1 aliphatic carbocycles. The summed E-state index contributed by atoms with van der Waals surface area (Å²) in [6, 6.07) is 11.7. The van der Waals surface area contributed by atoms with Crippen LogP contribution in [-0.2, 0) is 19.4 Å². The summed E-state index contributed by atoms with van der Waals surface area (Å²) in [5.41, 5.74) is 4.41. The maximum absolute atomic E-state index is 12.4. The maximum atomic E-state index is 12.4. The van der Waals surface area contributed by atoms with Gasteiger partial charge in [0.15, 0.2) is 11.5 Å². The molecule has 1 N–H and O–H groups in total. The number of carbonyl (C=O) groups is 1. The Morgan fingerprint density at radius 1 is 0.958 bits per heavy atom. The average molecular weight is 325 g/mol. The highest BCUT2D eigenvalue weighted by Gasteiger charge is 2.13. The van der Waals surface area contributed by atoms with E-state index >= 15 is 0 Å². The van der Waals surface area contributed by atoms with Gasteiger partial charge in [-0.2, -0.15) is 0 Å². The van der Waals surface area contributed by atoms with Crippen molar-refractivity contribution in [3.05, 3.63) is 58.7 Å². The van der Waals surface area contributed by atoms with Gasteiger partial charge in [0.25, 0.3) is 5.91 Å². The first-order chi connectivity index (χ1) is 11.7. The van der Waals surface area contributed by atoms with E-state index in [9.17, 15) is 4.79 Å². The molecule has 0 radical (unpaired) electrons. The van der Waals surface area contributed by atoms with Crippen LogP contribution in [0.1, 0.15) is 39.9 Å². The number of ether oxygens (including phenoxy) is 2. The molecule has 24 heavy (non-hydrogen) atoms. The van der Waals surface area contributed by atoms with Crippen LogP contribution < -0.4 is 14.8 Å². The fourth-order valence-corrected chi connectivity index (χ4v) is 3.15. The Labute approximate surface area is 142 Å². The largest absolute Gasteiger partial charge is 0.493 e. The van der Waals surface area contributed by atoms with Crippen molar-refractivity contribution in [3.8, 4) is 11.5 Å². The average Bonchev–Trinajstić information content (AvgIpc) is 2.65. The van der Waals surface area contributed by atoms with Gasteiger partial charge < -0.3 is 14.8 Å². The third kappa shape index (κ3) is 3.53. The lowest BCUT2D eigenvalue weighted by Crippen LogP contribution is -2.23. The highest BCUT2D eigenvalue weighted by Crippen LogP contribution is 2.27. The standard InChI is InChI=1S/C20H23NO3/c1-23-18-10-7-14(11-19(18)24-2)13-21-20(22)17-9-8-15-5-3-4-6-16(15)12-17/h7-12H,3-6,13H2,1-2H3,(H,21,22). The Kier molecular flexibility index (Phi) is 5.04. The predicted octanol–water partition coefficient (Wildman–Crippen LogP) is 3.51. The molecule has 0 bridgehead atoms. The number of hydrogen-bond acceptors (Lipinski definition) is 3. The second kappa shape index (κ2) is 7.39. The molecule has 126 valence electrons. The van der Waals surface area contributed by atoms with E-state index in [4.69, 9.17) is 9.47 Å². The quantitative estimate of drug-likeness (QED) is 0.915. The van der Waals surface area contributed by atoms with Crippen molar-refractivity contribution >= 4 is 5.91 Å². The van der Waals surface area contributed by atoms with Gasteiger partial charge >= 0.3 is 0 Å². The van der Waals surface area contributed by atoms with Gasteiger partial charge in [-0.3, -0.25) is 4.79 Å². The van der Waals surface area contributed by atoms with Crippen molar-refractivity contribution in [2.24, 2.45) is 0 Å². The van der Waals surface area contributed by atoms with Crippen molar-refractivity contribution in [2.45, 2.75) is 32.2 Å². The maximum Gasteiger partial charge on any atom is 0.251 e. The molecular weight excluding hydrogens is 302 g/mol. The van der Waals surface area contributed by atoms with E-state index in [0.717, 1.165) is 24.0 Å². The second-order valence-corrected chi connectivity index (χ2v) is 6.06. The van der Waals surface area contributed by atoms with Crippen molar-refractivity contribution in [1.82, 2.24) is 5.32 Å². The highest BCUT2D eigenvalue weighted by molar-refractivity contribution is 5.94. The molecule has 0 heterocycles. The molecule has 4 heteroatoms. The molecule has 0 saturated carbocycles. The van der Waals surface area contributed by atoms with Crippen LogP contribution in [0.15, 0.2) is 36.4 Å². The molecule has 3 rings (SSSR count). The zero-order valence-corrected chi connectivity index (χ0v) is 14.2. The van der Waals surface area contributed by atoms with Crippen LogP contribution in [0.5, 0.6) is 11.5 Å². The van der Waals surface area contributed by atoms with Crippen molar-refractivity contribution in [3.63, 3.8) is 0 Å². The molecule has 0 saturated heterocycles. The molecule has 1 amide bonds. The van der Waals surface area contributed by atoms with E-state index < -0.39 is 0 Å². The van der Waals surface area contributed by atoms with Crippen molar-refractivity contribution in [1.29, 1.82) is 0 Å². The van der Waals surface area contributed by atoms with Gasteiger partial charge in [-0.05, 0) is 66.6 Å². The SMILES string of the molecule is COc1ccc(CNC(=O)c2ccc3c(c2)CCCC3)cc1OC. The summed E-state index contributed by atoms with van der Waals surface area (Å²) < 4.78 is 10.5. The van der Waals surface area contributed by atoms with Crippen LogP contribution in [0.4, 0.5) is 0 Å². The minimum absolute atomic E-state index is 0.0434. The summed E-state index contributed by atoms with van der Waals surface area (Å²) in [4.78, 5) is 12.4. The van der Waals surface area contributed by atoms with Gasteiger partial charge in [0, 0.05) is 12.1 Å². The molecular formula is C20H23NO3. The first-order valence-corrected chi connectivity index (χ1v) is 8.32. The van der Waals surface area contributed by atoms with Crippen LogP contribution in [0, 0.1) is 0 Å². The smallest absolute Gasteiger partial charge is 0.251 e. The fourth-order valence-electron chi connectivity index (χ4n) is 3.15. The number of benzene rings is 2. The topological polar surface area (TPSA) is 47.6 Å². The van der Waals surface area contributed by atoms with E-state index in [-0.39, 0.29) is 5.91 Å². The van der Waals surface area contributed by atoms with Gasteiger partial charge in [-0.25, -0.2) is 0 Å². The number of methoxy groups -OCH3 is 2. The third-order valence-corrected chi connectivity index (χ3v) is 4.51. The molecule has 0 atom stereocenters. The molecule has 4 nitrogen and oxygen atoms in total. The van der Waals surface area contributed by atoms with Crippen LogP contribution in [0.25, 0.3) is 0 Å². The monoisotopic (exact) mass is 325 g/mol. The summed E-state index contributed by atoms with van der Waals surface area (Å²) in [6.07, 6.45) is 4.66. The first kappa shape index (κ1) is 16.4. The van der Waals surface area contributed by atoms with Crippen LogP contribution in [-0.4, -0.2) is 20.1 Å². The van der Waals surface area contributed by atoms with Gasteiger partial charge in [-0.15, -0.1) is 0 Å². The van der Waals surface area contributed by atoms with E-state index in [2.05, 4.69) is 11.4 Å². The Bertz CT molecular complexity index is 740. The number of hydrogen-bond donors (Lipinski definition) is 1. The lowest BCUT2D eigenvalue weighted by molar-refractivity contribution is 0.0950. The molecule has 0 spiro atoms. The zero-order valence-electron chi connectivity index (χ0n) is 14.2. The summed E-state index contributed by atoms with van der Waals surface area (Å²) >= 11 is 0. The summed E-state index contributed by atoms with van der Waals surface area (Å²) in [5, 5.41) is 2.98. The Balaban J connectivity index is 1.67. The lowest BCUT2D eigenvalue weighted by Gasteiger charge is -2.16. The number of rotatable bonds is 5. The van der Waals surface area contributed by atoms with E-state index in [0.29, 0.717) is 18.0 Å². The minimum atomic E-state index is -0.0434. The molecule has 0 fully saturated rings. The molecule has 0 unspecified atom stereocenters. The third-order valence-electron chi connectivity index (χ3n) is 4.51. The molecule has 0 aliphatic heterocycles. The number of amides is 1. The van der Waals surface area contributed by atoms with Gasteiger partial charge in [-0.1, -0.05) is 12.1 Å². The van der Waals surface area contributed by atoms with Crippen LogP contribution in [0.2, 0.25) is 0 Å². The minimum Gasteiger partial charge on any atom is -0.493 e. The van der Waals surface area contributed by atoms with Gasteiger partial charge in [0.05, 0.1) is 14.2 Å². The summed E-state index contributed by atoms with van der Waals surface area (Å²) in [5.74, 6) is 1.30. The number of carbonyl (C=O) groups excluding carboxylic acids is 1. The Hall–Kier alpha value is -2.49. The Morgan fingerprint density at radius 2 is 1.71 bits per heavy atom. The number of nitrogens with one attached hydrogen (secondary N) is 1. The van der Waals surface area contributed by atoms with Crippen LogP contribution >= 0.6 is 0 Å². The van der Waals surface area contributed by atoms with Crippen molar-refractivity contribution in [2.75, 3.05) is 14.2 Å². The van der Waals surface area contributed by atoms with E-state index in [1.807, 2.05) is 30.3 Å². The van der Waals surface area contributed by atoms with Gasteiger partial charge in [0.1, 0.15) is 0 Å². The molecule has 2 aromatic rings. The first-order valence-electron chi connectivity index (χ1n) is 8.32. The van der Waals surface area contributed by atoms with Crippen LogP contribution in [0.3, 0.4) is 0 Å². The number of fused-ring (bicyclic) bond motifs is 1. The predicted molar refractivity (Wildman–Crippen MR) is 93.8 cm³/mol. The highest BCUT2D eigenvalue weighted by atomic mass is 16.5. The molecule has 1 aliphatic rings. The number of aryl methyl sites for hydroxylation is 2. The fraction of sp³-hybridized carbons (Fsp3) is 0.350. The van der Waals surface area contributed by atoms with E-state index in [1.54, 1.807) is 14.2 Å². The Morgan fingerprint density at radius 3 is 2.46 bits per heavy atom. The molecule has 2 aromatic carbocycles. The zero-order chi connectivity index (χ0) is 16.9. The normalized spacial score (nSPS) is 13.1. The summed E-state index contributed by atoms with van der Waals surface area (Å²) in [7, 11) is 3.21. The van der Waals surface area contributed by atoms with Crippen molar-refractivity contribution < 1.29 is 14.3 Å². The van der Waals surface area contributed by atoms with E-state index in [1.165, 1.54) is 24.0 Å².